The molecule has 0 aromatic heterocycles. The number of carbonyl (C=O) groups is 1. The Kier molecular flexibility index (Phi) is 4.81. The van der Waals surface area contributed by atoms with Crippen LogP contribution >= 0.6 is 0 Å². The van der Waals surface area contributed by atoms with Crippen LogP contribution in [0, 0.1) is 0 Å². The largest absolute Gasteiger partial charge is 0.465 e. The first-order valence-corrected chi connectivity index (χ1v) is 7.47. The molecule has 1 unspecified atom stereocenters. The van der Waals surface area contributed by atoms with Gasteiger partial charge in [-0.15, -0.1) is 0 Å². The molecule has 1 saturated heterocycles. The van der Waals surface area contributed by atoms with Crippen molar-refractivity contribution in [2.45, 2.75) is 44.6 Å². The van der Waals surface area contributed by atoms with Gasteiger partial charge < -0.3 is 5.11 Å². The van der Waals surface area contributed by atoms with Crippen LogP contribution in [0.5, 0.6) is 0 Å². The van der Waals surface area contributed by atoms with Crippen LogP contribution in [0.4, 0.5) is 4.79 Å². The van der Waals surface area contributed by atoms with E-state index in [0.29, 0.717) is 31.4 Å². The van der Waals surface area contributed by atoms with E-state index in [4.69, 9.17) is 0 Å². The lowest BCUT2D eigenvalue weighted by Gasteiger charge is -2.46. The average molecular weight is 287 g/mol. The summed E-state index contributed by atoms with van der Waals surface area (Å²) < 4.78 is 0. The van der Waals surface area contributed by atoms with E-state index in [2.05, 4.69) is 6.92 Å². The molecule has 112 valence electrons. The molecule has 1 aromatic carbocycles. The lowest BCUT2D eigenvalue weighted by Crippen LogP contribution is -2.53. The zero-order valence-corrected chi connectivity index (χ0v) is 12.3. The Bertz CT molecular complexity index is 548. The van der Waals surface area contributed by atoms with Gasteiger partial charge in [-0.2, -0.15) is 0 Å². The maximum absolute atomic E-state index is 11.8. The van der Waals surface area contributed by atoms with Crippen LogP contribution in [0.25, 0.3) is 0 Å². The predicted octanol–water partition coefficient (Wildman–Crippen LogP) is 3.60. The highest BCUT2D eigenvalue weighted by atomic mass is 16.4. The summed E-state index contributed by atoms with van der Waals surface area (Å²) in [5, 5.41) is 9.63. The highest BCUT2D eigenvalue weighted by Crippen LogP contribution is 2.44. The van der Waals surface area contributed by atoms with Gasteiger partial charge in [0, 0.05) is 12.1 Å². The highest BCUT2D eigenvalue weighted by molar-refractivity contribution is 5.71. The van der Waals surface area contributed by atoms with Crippen molar-refractivity contribution in [1.82, 2.24) is 4.90 Å². The molecule has 2 rings (SSSR count). The number of benzene rings is 1. The molecule has 0 bridgehead atoms. The molecule has 1 heterocycles. The summed E-state index contributed by atoms with van der Waals surface area (Å²) in [4.78, 5) is 24.7. The minimum absolute atomic E-state index is 0.457. The molecule has 1 aliphatic rings. The third kappa shape index (κ3) is 2.72. The van der Waals surface area contributed by atoms with Gasteiger partial charge in [0.05, 0.1) is 0 Å². The summed E-state index contributed by atoms with van der Waals surface area (Å²) in [6.07, 6.45) is 2.77. The van der Waals surface area contributed by atoms with Crippen molar-refractivity contribution >= 4 is 12.0 Å². The van der Waals surface area contributed by atoms with Gasteiger partial charge in [0.25, 0.3) is 0 Å². The molecule has 0 radical (unpaired) electrons. The van der Waals surface area contributed by atoms with E-state index in [-0.39, 0.29) is 0 Å². The van der Waals surface area contributed by atoms with E-state index in [9.17, 15) is 14.7 Å². The minimum Gasteiger partial charge on any atom is -0.465 e. The van der Waals surface area contributed by atoms with E-state index >= 15 is 0 Å². The van der Waals surface area contributed by atoms with Crippen LogP contribution in [0.2, 0.25) is 0 Å². The maximum Gasteiger partial charge on any atom is 0.408 e. The zero-order valence-electron chi connectivity index (χ0n) is 12.3. The van der Waals surface area contributed by atoms with Crippen molar-refractivity contribution in [2.24, 2.45) is 0 Å². The van der Waals surface area contributed by atoms with Crippen molar-refractivity contribution in [3.8, 4) is 0 Å². The minimum atomic E-state index is -0.970. The molecular weight excluding hydrogens is 266 g/mol. The molecule has 1 aliphatic heterocycles. The molecule has 0 aliphatic carbocycles. The number of rotatable bonds is 4. The van der Waals surface area contributed by atoms with E-state index in [1.54, 1.807) is 0 Å². The van der Waals surface area contributed by atoms with Crippen LogP contribution in [0.15, 0.2) is 35.9 Å². The SMILES string of the molecule is CCCCC1(c2ccccc2)C(=C=O)CCCN1C(=O)O. The Morgan fingerprint density at radius 2 is 2.10 bits per heavy atom. The number of hydrogen-bond acceptors (Lipinski definition) is 2. The third-order valence-corrected chi connectivity index (χ3v) is 4.27. The Labute approximate surface area is 125 Å². The van der Waals surface area contributed by atoms with Gasteiger partial charge in [-0.1, -0.05) is 50.1 Å². The first kappa shape index (κ1) is 15.3. The van der Waals surface area contributed by atoms with E-state index in [1.165, 1.54) is 4.90 Å². The average Bonchev–Trinajstić information content (AvgIpc) is 2.53. The number of likely N-dealkylation sites (tertiary alicyclic amines) is 1. The summed E-state index contributed by atoms with van der Waals surface area (Å²) in [6, 6.07) is 9.50. The molecular formula is C17H21NO3. The fraction of sp³-hybridized carbons (Fsp3) is 0.471. The Morgan fingerprint density at radius 1 is 1.38 bits per heavy atom. The third-order valence-electron chi connectivity index (χ3n) is 4.27. The summed E-state index contributed by atoms with van der Waals surface area (Å²) in [5.74, 6) is 2.05. The molecule has 1 amide bonds. The number of carbonyl (C=O) groups excluding carboxylic acids is 1. The van der Waals surface area contributed by atoms with Gasteiger partial charge >= 0.3 is 6.09 Å². The smallest absolute Gasteiger partial charge is 0.408 e. The number of nitrogens with zero attached hydrogens (tertiary/aromatic N) is 1. The van der Waals surface area contributed by atoms with Gasteiger partial charge in [-0.25, -0.2) is 9.59 Å². The Balaban J connectivity index is 2.61. The molecule has 1 N–H and O–H groups in total. The second-order valence-electron chi connectivity index (χ2n) is 5.45. The molecule has 4 heteroatoms. The molecule has 21 heavy (non-hydrogen) atoms. The first-order valence-electron chi connectivity index (χ1n) is 7.47. The lowest BCUT2D eigenvalue weighted by molar-refractivity contribution is 0.0705. The topological polar surface area (TPSA) is 57.6 Å². The Morgan fingerprint density at radius 3 is 2.67 bits per heavy atom. The normalized spacial score (nSPS) is 22.0. The summed E-state index contributed by atoms with van der Waals surface area (Å²) in [5.41, 5.74) is 0.595. The van der Waals surface area contributed by atoms with Crippen LogP contribution in [-0.2, 0) is 10.3 Å². The first-order chi connectivity index (χ1) is 10.2. The van der Waals surface area contributed by atoms with Crippen molar-refractivity contribution in [3.63, 3.8) is 0 Å². The van der Waals surface area contributed by atoms with Crippen molar-refractivity contribution in [3.05, 3.63) is 41.5 Å². The van der Waals surface area contributed by atoms with Crippen LogP contribution in [-0.4, -0.2) is 28.6 Å². The molecule has 0 spiro atoms. The monoisotopic (exact) mass is 287 g/mol. The lowest BCUT2D eigenvalue weighted by atomic mass is 9.73. The highest BCUT2D eigenvalue weighted by Gasteiger charge is 2.46. The number of carboxylic acid groups (broad SMARTS) is 1. The van der Waals surface area contributed by atoms with Gasteiger partial charge in [0.15, 0.2) is 0 Å². The van der Waals surface area contributed by atoms with Gasteiger partial charge in [-0.05, 0) is 24.8 Å². The summed E-state index contributed by atoms with van der Waals surface area (Å²) >= 11 is 0. The van der Waals surface area contributed by atoms with Gasteiger partial charge in [-0.3, -0.25) is 4.90 Å². The number of hydrogen-bond donors (Lipinski definition) is 1. The summed E-state index contributed by atoms with van der Waals surface area (Å²) in [7, 11) is 0. The predicted molar refractivity (Wildman–Crippen MR) is 80.8 cm³/mol. The number of amides is 1. The zero-order chi connectivity index (χ0) is 15.3. The van der Waals surface area contributed by atoms with E-state index < -0.39 is 11.6 Å². The Hall–Kier alpha value is -2.06. The van der Waals surface area contributed by atoms with Crippen LogP contribution in [0.1, 0.15) is 44.6 Å². The molecule has 1 atom stereocenters. The van der Waals surface area contributed by atoms with Crippen molar-refractivity contribution in [2.75, 3.05) is 6.54 Å². The second kappa shape index (κ2) is 6.59. The fourth-order valence-electron chi connectivity index (χ4n) is 3.28. The van der Waals surface area contributed by atoms with Crippen LogP contribution < -0.4 is 0 Å². The second-order valence-corrected chi connectivity index (χ2v) is 5.45. The molecule has 4 nitrogen and oxygen atoms in total. The van der Waals surface area contributed by atoms with Crippen LogP contribution in [0.3, 0.4) is 0 Å². The van der Waals surface area contributed by atoms with Crippen molar-refractivity contribution < 1.29 is 14.7 Å². The van der Waals surface area contributed by atoms with E-state index in [1.807, 2.05) is 36.3 Å². The maximum atomic E-state index is 11.8. The molecule has 1 aromatic rings. The fourth-order valence-corrected chi connectivity index (χ4v) is 3.28. The van der Waals surface area contributed by atoms with Gasteiger partial charge in [0.1, 0.15) is 11.5 Å². The van der Waals surface area contributed by atoms with Crippen molar-refractivity contribution in [1.29, 1.82) is 0 Å². The molecule has 1 fully saturated rings. The number of unbranched alkanes of at least 4 members (excludes halogenated alkanes) is 1. The van der Waals surface area contributed by atoms with E-state index in [0.717, 1.165) is 18.4 Å². The molecule has 0 saturated carbocycles. The number of piperidine rings is 1. The quantitative estimate of drug-likeness (QED) is 0.861. The standard InChI is InChI=1S/C17H21NO3/c1-2-3-11-17(14-8-5-4-6-9-14)15(13-19)10-7-12-18(17)16(20)21/h4-6,8-9H,2-3,7,10-12H2,1H3,(H,20,21). The van der Waals surface area contributed by atoms with Gasteiger partial charge in [0.2, 0.25) is 0 Å². The summed E-state index contributed by atoms with van der Waals surface area (Å²) in [6.45, 7) is 2.52.